The van der Waals surface area contributed by atoms with Crippen LogP contribution >= 0.6 is 15.9 Å². The van der Waals surface area contributed by atoms with Gasteiger partial charge >= 0.3 is 0 Å². The summed E-state index contributed by atoms with van der Waals surface area (Å²) >= 11 is 3.37. The molecule has 2 aromatic rings. The Labute approximate surface area is 130 Å². The molecule has 9 heteroatoms. The normalized spacial score (nSPS) is 15.2. The molecule has 0 spiro atoms. The highest BCUT2D eigenvalue weighted by Crippen LogP contribution is 2.41. The van der Waals surface area contributed by atoms with Crippen molar-refractivity contribution in [3.8, 4) is 17.1 Å². The number of hydrogen-bond donors (Lipinski definition) is 1. The topological polar surface area (TPSA) is 100 Å². The number of methoxy groups -OCH3 is 1. The summed E-state index contributed by atoms with van der Waals surface area (Å²) in [6.45, 7) is 0. The molecule has 0 aliphatic heterocycles. The van der Waals surface area contributed by atoms with Gasteiger partial charge in [0, 0.05) is 10.5 Å². The minimum Gasteiger partial charge on any atom is -0.496 e. The largest absolute Gasteiger partial charge is 0.496 e. The van der Waals surface area contributed by atoms with Crippen LogP contribution in [0, 0.1) is 0 Å². The van der Waals surface area contributed by atoms with E-state index in [9.17, 15) is 8.42 Å². The first-order valence-electron chi connectivity index (χ1n) is 6.23. The van der Waals surface area contributed by atoms with E-state index in [2.05, 4.69) is 26.1 Å². The van der Waals surface area contributed by atoms with E-state index in [1.807, 2.05) is 6.07 Å². The molecule has 0 saturated heterocycles. The zero-order chi connectivity index (χ0) is 15.2. The Bertz CT molecular complexity index is 799. The molecule has 1 heterocycles. The van der Waals surface area contributed by atoms with E-state index in [1.54, 1.807) is 23.8 Å². The Morgan fingerprint density at radius 2 is 2.10 bits per heavy atom. The maximum atomic E-state index is 11.7. The van der Waals surface area contributed by atoms with Gasteiger partial charge in [-0.05, 0) is 31.0 Å². The van der Waals surface area contributed by atoms with Crippen molar-refractivity contribution in [2.75, 3.05) is 7.11 Å². The van der Waals surface area contributed by atoms with Gasteiger partial charge in [0.15, 0.2) is 5.82 Å². The van der Waals surface area contributed by atoms with Gasteiger partial charge in [-0.15, -0.1) is 10.2 Å². The zero-order valence-corrected chi connectivity index (χ0v) is 13.6. The third kappa shape index (κ3) is 2.68. The summed E-state index contributed by atoms with van der Waals surface area (Å²) in [6, 6.07) is 5.49. The average Bonchev–Trinajstić information content (AvgIpc) is 3.16. The predicted octanol–water partition coefficient (Wildman–Crippen LogP) is 1.70. The minimum absolute atomic E-state index is 0.0664. The smallest absolute Gasteiger partial charge is 0.273 e. The lowest BCUT2D eigenvalue weighted by atomic mass is 10.2. The van der Waals surface area contributed by atoms with Gasteiger partial charge in [-0.3, -0.25) is 4.57 Å². The number of hydrogen-bond acceptors (Lipinski definition) is 5. The van der Waals surface area contributed by atoms with E-state index < -0.39 is 10.0 Å². The summed E-state index contributed by atoms with van der Waals surface area (Å²) in [5.74, 6) is 1.03. The van der Waals surface area contributed by atoms with Gasteiger partial charge in [0.25, 0.3) is 15.2 Å². The van der Waals surface area contributed by atoms with Crippen LogP contribution in [0.2, 0.25) is 0 Å². The minimum atomic E-state index is -3.91. The highest BCUT2D eigenvalue weighted by atomic mass is 79.9. The van der Waals surface area contributed by atoms with E-state index in [4.69, 9.17) is 9.88 Å². The third-order valence-electron chi connectivity index (χ3n) is 3.24. The van der Waals surface area contributed by atoms with Crippen molar-refractivity contribution in [3.63, 3.8) is 0 Å². The summed E-state index contributed by atoms with van der Waals surface area (Å²) in [7, 11) is -2.37. The number of nitrogens with zero attached hydrogens (tertiary/aromatic N) is 3. The van der Waals surface area contributed by atoms with E-state index in [0.29, 0.717) is 17.1 Å². The second-order valence-electron chi connectivity index (χ2n) is 4.80. The van der Waals surface area contributed by atoms with E-state index in [-0.39, 0.29) is 11.2 Å². The van der Waals surface area contributed by atoms with Crippen molar-refractivity contribution >= 4 is 26.0 Å². The second-order valence-corrected chi connectivity index (χ2v) is 7.17. The lowest BCUT2D eigenvalue weighted by molar-refractivity contribution is 0.415. The summed E-state index contributed by atoms with van der Waals surface area (Å²) in [6.07, 6.45) is 1.76. The summed E-state index contributed by atoms with van der Waals surface area (Å²) in [5.41, 5.74) is 0.676. The number of ether oxygens (including phenoxy) is 1. The molecular weight excluding hydrogens is 360 g/mol. The quantitative estimate of drug-likeness (QED) is 0.879. The number of halogens is 1. The molecule has 0 atom stereocenters. The maximum Gasteiger partial charge on any atom is 0.273 e. The molecule has 1 fully saturated rings. The Balaban J connectivity index is 2.22. The molecule has 0 bridgehead atoms. The highest BCUT2D eigenvalue weighted by Gasteiger charge is 2.34. The van der Waals surface area contributed by atoms with Gasteiger partial charge in [-0.2, -0.15) is 0 Å². The van der Waals surface area contributed by atoms with Crippen LogP contribution in [0.3, 0.4) is 0 Å². The molecule has 0 amide bonds. The van der Waals surface area contributed by atoms with Crippen LogP contribution in [0.1, 0.15) is 18.9 Å². The van der Waals surface area contributed by atoms with Crippen molar-refractivity contribution in [1.29, 1.82) is 0 Å². The number of benzene rings is 1. The fourth-order valence-electron chi connectivity index (χ4n) is 2.17. The molecule has 1 aromatic carbocycles. The molecule has 3 rings (SSSR count). The van der Waals surface area contributed by atoms with Crippen molar-refractivity contribution in [2.24, 2.45) is 5.14 Å². The van der Waals surface area contributed by atoms with Crippen molar-refractivity contribution < 1.29 is 13.2 Å². The lowest BCUT2D eigenvalue weighted by Gasteiger charge is -2.11. The van der Waals surface area contributed by atoms with Crippen LogP contribution in [0.25, 0.3) is 11.4 Å². The molecule has 21 heavy (non-hydrogen) atoms. The lowest BCUT2D eigenvalue weighted by Crippen LogP contribution is -2.18. The van der Waals surface area contributed by atoms with Gasteiger partial charge in [-0.25, -0.2) is 13.6 Å². The summed E-state index contributed by atoms with van der Waals surface area (Å²) in [4.78, 5) is 0. The fraction of sp³-hybridized carbons (Fsp3) is 0.333. The predicted molar refractivity (Wildman–Crippen MR) is 79.4 cm³/mol. The van der Waals surface area contributed by atoms with Crippen LogP contribution in [0.5, 0.6) is 5.75 Å². The fourth-order valence-corrected chi connectivity index (χ4v) is 3.17. The number of aromatic nitrogens is 3. The second kappa shape index (κ2) is 5.08. The van der Waals surface area contributed by atoms with Crippen LogP contribution in [-0.2, 0) is 10.0 Å². The average molecular weight is 373 g/mol. The van der Waals surface area contributed by atoms with Crippen molar-refractivity contribution in [3.05, 3.63) is 22.7 Å². The molecule has 0 unspecified atom stereocenters. The monoisotopic (exact) mass is 372 g/mol. The first-order chi connectivity index (χ1) is 9.91. The number of rotatable bonds is 4. The SMILES string of the molecule is COc1cc(Br)ccc1-c1nnc(S(N)(=O)=O)n1C1CC1. The van der Waals surface area contributed by atoms with Crippen LogP contribution < -0.4 is 9.88 Å². The molecular formula is C12H13BrN4O3S. The Hall–Kier alpha value is -1.45. The molecule has 112 valence electrons. The van der Waals surface area contributed by atoms with Crippen molar-refractivity contribution in [2.45, 2.75) is 24.0 Å². The molecule has 7 nitrogen and oxygen atoms in total. The zero-order valence-electron chi connectivity index (χ0n) is 11.2. The third-order valence-corrected chi connectivity index (χ3v) is 4.52. The van der Waals surface area contributed by atoms with Gasteiger partial charge in [0.1, 0.15) is 5.75 Å². The van der Waals surface area contributed by atoms with E-state index >= 15 is 0 Å². The van der Waals surface area contributed by atoms with Crippen molar-refractivity contribution in [1.82, 2.24) is 14.8 Å². The van der Waals surface area contributed by atoms with Gasteiger partial charge < -0.3 is 4.74 Å². The highest BCUT2D eigenvalue weighted by molar-refractivity contribution is 9.10. The van der Waals surface area contributed by atoms with Gasteiger partial charge in [0.05, 0.1) is 12.7 Å². The number of primary sulfonamides is 1. The Morgan fingerprint density at radius 3 is 2.67 bits per heavy atom. The molecule has 1 aliphatic rings. The van der Waals surface area contributed by atoms with Gasteiger partial charge in [0.2, 0.25) is 0 Å². The van der Waals surface area contributed by atoms with E-state index in [1.165, 1.54) is 0 Å². The maximum absolute atomic E-state index is 11.7. The van der Waals surface area contributed by atoms with E-state index in [0.717, 1.165) is 17.3 Å². The Morgan fingerprint density at radius 1 is 1.38 bits per heavy atom. The first-order valence-corrected chi connectivity index (χ1v) is 8.57. The van der Waals surface area contributed by atoms with Crippen LogP contribution in [0.4, 0.5) is 0 Å². The summed E-state index contributed by atoms with van der Waals surface area (Å²) < 4.78 is 31.1. The molecule has 1 aromatic heterocycles. The molecule has 1 aliphatic carbocycles. The molecule has 1 saturated carbocycles. The number of nitrogens with two attached hydrogens (primary N) is 1. The van der Waals surface area contributed by atoms with Crippen LogP contribution in [0.15, 0.2) is 27.8 Å². The molecule has 0 radical (unpaired) electrons. The standard InChI is InChI=1S/C12H13BrN4O3S/c1-20-10-6-7(13)2-5-9(10)11-15-16-12(21(14,18)19)17(11)8-3-4-8/h2,5-6,8H,3-4H2,1H3,(H2,14,18,19). The Kier molecular flexibility index (Phi) is 3.50. The molecule has 2 N–H and O–H groups in total. The summed E-state index contributed by atoms with van der Waals surface area (Å²) in [5, 5.41) is 12.8. The van der Waals surface area contributed by atoms with Gasteiger partial charge in [-0.1, -0.05) is 15.9 Å². The van der Waals surface area contributed by atoms with Crippen LogP contribution in [-0.4, -0.2) is 30.3 Å². The first kappa shape index (κ1) is 14.5. The number of sulfonamides is 1.